The lowest BCUT2D eigenvalue weighted by Crippen LogP contribution is -2.00. The quantitative estimate of drug-likeness (QED) is 0.849. The third-order valence-corrected chi connectivity index (χ3v) is 2.14. The first-order valence-corrected chi connectivity index (χ1v) is 5.21. The Labute approximate surface area is 94.8 Å². The van der Waals surface area contributed by atoms with E-state index in [1.807, 2.05) is 43.3 Å². The standard InChI is InChI=1S/C13H14N2O/c1-11-6-8-15-13(10-11)14-7-2-4-12-5-3-9-16-12/h2-6,8-10H,7H2,1H3,(H,14,15)/b4-2+. The molecule has 3 heteroatoms. The summed E-state index contributed by atoms with van der Waals surface area (Å²) in [5, 5.41) is 3.21. The average Bonchev–Trinajstić information content (AvgIpc) is 2.77. The largest absolute Gasteiger partial charge is 0.465 e. The van der Waals surface area contributed by atoms with Crippen LogP contribution in [0.3, 0.4) is 0 Å². The van der Waals surface area contributed by atoms with E-state index in [9.17, 15) is 0 Å². The van der Waals surface area contributed by atoms with Gasteiger partial charge >= 0.3 is 0 Å². The number of furan rings is 1. The molecule has 0 spiro atoms. The van der Waals surface area contributed by atoms with Crippen LogP contribution in [0.25, 0.3) is 6.08 Å². The summed E-state index contributed by atoms with van der Waals surface area (Å²) in [4.78, 5) is 4.21. The van der Waals surface area contributed by atoms with Crippen LogP contribution in [0.1, 0.15) is 11.3 Å². The number of nitrogens with one attached hydrogen (secondary N) is 1. The van der Waals surface area contributed by atoms with Crippen molar-refractivity contribution in [3.63, 3.8) is 0 Å². The maximum absolute atomic E-state index is 5.17. The zero-order valence-electron chi connectivity index (χ0n) is 9.18. The summed E-state index contributed by atoms with van der Waals surface area (Å²) in [6, 6.07) is 7.78. The Balaban J connectivity index is 1.84. The van der Waals surface area contributed by atoms with Gasteiger partial charge in [0.05, 0.1) is 6.26 Å². The Kier molecular flexibility index (Phi) is 3.38. The summed E-state index contributed by atoms with van der Waals surface area (Å²) < 4.78 is 5.17. The molecule has 16 heavy (non-hydrogen) atoms. The maximum atomic E-state index is 5.17. The van der Waals surface area contributed by atoms with Gasteiger partial charge < -0.3 is 9.73 Å². The van der Waals surface area contributed by atoms with E-state index in [1.54, 1.807) is 12.5 Å². The number of hydrogen-bond donors (Lipinski definition) is 1. The van der Waals surface area contributed by atoms with Gasteiger partial charge in [-0.3, -0.25) is 0 Å². The van der Waals surface area contributed by atoms with Crippen molar-refractivity contribution in [1.29, 1.82) is 0 Å². The SMILES string of the molecule is Cc1ccnc(NC/C=C/c2ccco2)c1. The zero-order chi connectivity index (χ0) is 11.2. The summed E-state index contributed by atoms with van der Waals surface area (Å²) in [5.41, 5.74) is 1.20. The number of nitrogens with zero attached hydrogens (tertiary/aromatic N) is 1. The smallest absolute Gasteiger partial charge is 0.126 e. The van der Waals surface area contributed by atoms with Crippen molar-refractivity contribution in [3.05, 3.63) is 54.1 Å². The first kappa shape index (κ1) is 10.5. The topological polar surface area (TPSA) is 38.1 Å². The molecule has 0 aliphatic rings. The molecule has 0 fully saturated rings. The molecular formula is C13H14N2O. The predicted octanol–water partition coefficient (Wildman–Crippen LogP) is 3.11. The van der Waals surface area contributed by atoms with Crippen LogP contribution in [0, 0.1) is 6.92 Å². The van der Waals surface area contributed by atoms with Crippen LogP contribution in [0.5, 0.6) is 0 Å². The van der Waals surface area contributed by atoms with Gasteiger partial charge in [0.1, 0.15) is 11.6 Å². The molecule has 0 aromatic carbocycles. The van der Waals surface area contributed by atoms with Crippen molar-refractivity contribution in [2.75, 3.05) is 11.9 Å². The fourth-order valence-corrected chi connectivity index (χ4v) is 1.36. The lowest BCUT2D eigenvalue weighted by atomic mass is 10.3. The third-order valence-electron chi connectivity index (χ3n) is 2.14. The summed E-state index contributed by atoms with van der Waals surface area (Å²) in [6.07, 6.45) is 7.40. The molecule has 0 aliphatic heterocycles. The van der Waals surface area contributed by atoms with E-state index >= 15 is 0 Å². The molecule has 0 unspecified atom stereocenters. The Morgan fingerprint density at radius 3 is 3.12 bits per heavy atom. The van der Waals surface area contributed by atoms with Crippen molar-refractivity contribution in [2.45, 2.75) is 6.92 Å². The Hall–Kier alpha value is -2.03. The van der Waals surface area contributed by atoms with Gasteiger partial charge in [-0.1, -0.05) is 6.08 Å². The molecule has 0 saturated heterocycles. The molecule has 0 radical (unpaired) electrons. The van der Waals surface area contributed by atoms with E-state index in [-0.39, 0.29) is 0 Å². The first-order chi connectivity index (χ1) is 7.84. The molecule has 0 bridgehead atoms. The Morgan fingerprint density at radius 2 is 2.38 bits per heavy atom. The lowest BCUT2D eigenvalue weighted by molar-refractivity contribution is 0.557. The molecule has 0 aliphatic carbocycles. The van der Waals surface area contributed by atoms with Gasteiger partial charge in [-0.15, -0.1) is 0 Å². The van der Waals surface area contributed by atoms with E-state index in [0.29, 0.717) is 0 Å². The van der Waals surface area contributed by atoms with Crippen LogP contribution in [0.2, 0.25) is 0 Å². The fraction of sp³-hybridized carbons (Fsp3) is 0.154. The highest BCUT2D eigenvalue weighted by molar-refractivity contribution is 5.44. The second-order valence-electron chi connectivity index (χ2n) is 3.52. The minimum atomic E-state index is 0.733. The van der Waals surface area contributed by atoms with E-state index in [0.717, 1.165) is 18.1 Å². The number of aromatic nitrogens is 1. The Morgan fingerprint density at radius 1 is 1.44 bits per heavy atom. The molecule has 2 heterocycles. The number of anilines is 1. The first-order valence-electron chi connectivity index (χ1n) is 5.21. The van der Waals surface area contributed by atoms with Crippen molar-refractivity contribution in [1.82, 2.24) is 4.98 Å². The zero-order valence-corrected chi connectivity index (χ0v) is 9.18. The summed E-state index contributed by atoms with van der Waals surface area (Å²) in [7, 11) is 0. The molecule has 1 N–H and O–H groups in total. The number of rotatable bonds is 4. The summed E-state index contributed by atoms with van der Waals surface area (Å²) >= 11 is 0. The van der Waals surface area contributed by atoms with Crippen molar-refractivity contribution < 1.29 is 4.42 Å². The maximum Gasteiger partial charge on any atom is 0.126 e. The van der Waals surface area contributed by atoms with E-state index in [2.05, 4.69) is 10.3 Å². The lowest BCUT2D eigenvalue weighted by Gasteiger charge is -2.02. The number of aryl methyl sites for hydroxylation is 1. The molecule has 0 saturated carbocycles. The van der Waals surface area contributed by atoms with Crippen LogP contribution < -0.4 is 5.32 Å². The van der Waals surface area contributed by atoms with E-state index < -0.39 is 0 Å². The Bertz CT molecular complexity index is 461. The third kappa shape index (κ3) is 2.98. The van der Waals surface area contributed by atoms with Gasteiger partial charge in [-0.25, -0.2) is 4.98 Å². The van der Waals surface area contributed by atoms with Gasteiger partial charge in [-0.05, 0) is 42.8 Å². The molecule has 2 aromatic heterocycles. The number of pyridine rings is 1. The minimum Gasteiger partial charge on any atom is -0.465 e. The van der Waals surface area contributed by atoms with Gasteiger partial charge in [0, 0.05) is 12.7 Å². The second kappa shape index (κ2) is 5.16. The van der Waals surface area contributed by atoms with Crippen LogP contribution in [0.15, 0.2) is 47.2 Å². The highest BCUT2D eigenvalue weighted by atomic mass is 16.3. The second-order valence-corrected chi connectivity index (χ2v) is 3.52. The monoisotopic (exact) mass is 214 g/mol. The van der Waals surface area contributed by atoms with E-state index in [1.165, 1.54) is 5.56 Å². The fourth-order valence-electron chi connectivity index (χ4n) is 1.36. The van der Waals surface area contributed by atoms with Crippen LogP contribution in [0.4, 0.5) is 5.82 Å². The van der Waals surface area contributed by atoms with Gasteiger partial charge in [0.2, 0.25) is 0 Å². The predicted molar refractivity (Wildman–Crippen MR) is 65.2 cm³/mol. The molecule has 2 rings (SSSR count). The van der Waals surface area contributed by atoms with E-state index in [4.69, 9.17) is 4.42 Å². The number of hydrogen-bond acceptors (Lipinski definition) is 3. The van der Waals surface area contributed by atoms with Crippen LogP contribution in [-0.2, 0) is 0 Å². The molecule has 0 amide bonds. The molecule has 3 nitrogen and oxygen atoms in total. The highest BCUT2D eigenvalue weighted by Gasteiger charge is 1.91. The van der Waals surface area contributed by atoms with Gasteiger partial charge in [0.25, 0.3) is 0 Å². The summed E-state index contributed by atoms with van der Waals surface area (Å²) in [5.74, 6) is 1.75. The van der Waals surface area contributed by atoms with Crippen LogP contribution in [-0.4, -0.2) is 11.5 Å². The molecular weight excluding hydrogens is 200 g/mol. The highest BCUT2D eigenvalue weighted by Crippen LogP contribution is 2.05. The molecule has 82 valence electrons. The van der Waals surface area contributed by atoms with Gasteiger partial charge in [0.15, 0.2) is 0 Å². The molecule has 0 atom stereocenters. The van der Waals surface area contributed by atoms with Crippen LogP contribution >= 0.6 is 0 Å². The van der Waals surface area contributed by atoms with Crippen molar-refractivity contribution >= 4 is 11.9 Å². The van der Waals surface area contributed by atoms with Crippen molar-refractivity contribution in [3.8, 4) is 0 Å². The van der Waals surface area contributed by atoms with Crippen molar-refractivity contribution in [2.24, 2.45) is 0 Å². The summed E-state index contributed by atoms with van der Waals surface area (Å²) in [6.45, 7) is 2.78. The van der Waals surface area contributed by atoms with Gasteiger partial charge in [-0.2, -0.15) is 0 Å². The average molecular weight is 214 g/mol. The normalized spacial score (nSPS) is 10.8. The minimum absolute atomic E-state index is 0.733. The molecule has 2 aromatic rings.